The fraction of sp³-hybridized carbons (Fsp3) is 0.357. The van der Waals surface area contributed by atoms with Crippen molar-refractivity contribution in [3.8, 4) is 0 Å². The summed E-state index contributed by atoms with van der Waals surface area (Å²) in [5.41, 5.74) is 0.968. The van der Waals surface area contributed by atoms with Crippen LogP contribution in [0.5, 0.6) is 0 Å². The van der Waals surface area contributed by atoms with Crippen LogP contribution in [0.3, 0.4) is 0 Å². The monoisotopic (exact) mass is 283 g/mol. The van der Waals surface area contributed by atoms with Crippen molar-refractivity contribution in [2.45, 2.75) is 25.7 Å². The van der Waals surface area contributed by atoms with Gasteiger partial charge in [0.2, 0.25) is 0 Å². The number of benzene rings is 1. The smallest absolute Gasteiger partial charge is 0.305 e. The first kappa shape index (κ1) is 14.6. The summed E-state index contributed by atoms with van der Waals surface area (Å²) in [7, 11) is 1.83. The Morgan fingerprint density at radius 2 is 2.05 bits per heavy atom. The molecule has 1 heterocycles. The number of hydrogen-bond acceptors (Lipinski definition) is 2. The molecule has 1 N–H and O–H groups in total. The number of alkyl halides is 3. The van der Waals surface area contributed by atoms with Gasteiger partial charge in [0, 0.05) is 25.8 Å². The summed E-state index contributed by atoms with van der Waals surface area (Å²) in [6.45, 7) is 2.39. The van der Waals surface area contributed by atoms with E-state index >= 15 is 0 Å². The molecule has 0 aliphatic heterocycles. The zero-order valence-electron chi connectivity index (χ0n) is 11.3. The molecule has 0 aliphatic carbocycles. The Bertz CT molecular complexity index is 575. The van der Waals surface area contributed by atoms with E-state index in [0.29, 0.717) is 12.1 Å². The van der Waals surface area contributed by atoms with E-state index in [-0.39, 0.29) is 6.04 Å². The summed E-state index contributed by atoms with van der Waals surface area (Å²) in [6, 6.07) is 7.08. The molecular formula is C14H16F3N3. The Balaban J connectivity index is 2.06. The summed E-state index contributed by atoms with van der Waals surface area (Å²) in [6.07, 6.45) is -2.62. The predicted molar refractivity (Wildman–Crippen MR) is 69.9 cm³/mol. The van der Waals surface area contributed by atoms with Gasteiger partial charge in [-0.15, -0.1) is 0 Å². The second kappa shape index (κ2) is 5.66. The van der Waals surface area contributed by atoms with Crippen LogP contribution < -0.4 is 5.32 Å². The van der Waals surface area contributed by atoms with E-state index in [2.05, 4.69) is 10.4 Å². The third-order valence-corrected chi connectivity index (χ3v) is 3.23. The highest BCUT2D eigenvalue weighted by Gasteiger charge is 2.30. The molecule has 108 valence electrons. The molecule has 20 heavy (non-hydrogen) atoms. The number of nitrogens with zero attached hydrogens (tertiary/aromatic N) is 2. The summed E-state index contributed by atoms with van der Waals surface area (Å²) in [5.74, 6) is 0. The number of hydrogen-bond donors (Lipinski definition) is 1. The zero-order chi connectivity index (χ0) is 14.8. The first-order valence-corrected chi connectivity index (χ1v) is 6.25. The van der Waals surface area contributed by atoms with E-state index in [0.717, 1.165) is 11.8 Å². The molecular weight excluding hydrogens is 267 g/mol. The second-order valence-electron chi connectivity index (χ2n) is 4.67. The third-order valence-electron chi connectivity index (χ3n) is 3.23. The van der Waals surface area contributed by atoms with Crippen LogP contribution in [-0.4, -0.2) is 9.78 Å². The molecule has 0 saturated carbocycles. The fourth-order valence-corrected chi connectivity index (χ4v) is 1.93. The molecule has 1 atom stereocenters. The molecule has 0 saturated heterocycles. The quantitative estimate of drug-likeness (QED) is 0.933. The molecule has 2 rings (SSSR count). The maximum absolute atomic E-state index is 12.7. The Hall–Kier alpha value is -1.82. The van der Waals surface area contributed by atoms with Crippen molar-refractivity contribution in [2.24, 2.45) is 7.05 Å². The van der Waals surface area contributed by atoms with Gasteiger partial charge in [-0.3, -0.25) is 4.68 Å². The minimum Gasteiger partial charge on any atom is -0.305 e. The maximum Gasteiger partial charge on any atom is 0.416 e. The van der Waals surface area contributed by atoms with Gasteiger partial charge in [0.15, 0.2) is 0 Å². The summed E-state index contributed by atoms with van der Waals surface area (Å²) < 4.78 is 39.7. The second-order valence-corrected chi connectivity index (χ2v) is 4.67. The van der Waals surface area contributed by atoms with Gasteiger partial charge in [-0.2, -0.15) is 18.3 Å². The molecule has 1 aromatic carbocycles. The highest BCUT2D eigenvalue weighted by atomic mass is 19.4. The molecule has 2 aromatic rings. The van der Waals surface area contributed by atoms with Crippen LogP contribution >= 0.6 is 0 Å². The molecule has 0 bridgehead atoms. The molecule has 6 heteroatoms. The Morgan fingerprint density at radius 1 is 1.30 bits per heavy atom. The van der Waals surface area contributed by atoms with Crippen molar-refractivity contribution in [3.05, 3.63) is 53.3 Å². The highest BCUT2D eigenvalue weighted by Crippen LogP contribution is 2.30. The van der Waals surface area contributed by atoms with Crippen LogP contribution in [0.1, 0.15) is 29.8 Å². The van der Waals surface area contributed by atoms with E-state index in [1.807, 2.05) is 20.0 Å². The standard InChI is InChI=1S/C14H16F3N3/c1-10(18-9-13-6-7-19-20(13)2)11-4-3-5-12(8-11)14(15,16)17/h3-8,10,18H,9H2,1-2H3. The van der Waals surface area contributed by atoms with Gasteiger partial charge in [0.25, 0.3) is 0 Å². The van der Waals surface area contributed by atoms with Crippen LogP contribution in [0, 0.1) is 0 Å². The van der Waals surface area contributed by atoms with Gasteiger partial charge in [-0.25, -0.2) is 0 Å². The van der Waals surface area contributed by atoms with Crippen LogP contribution in [0.2, 0.25) is 0 Å². The molecule has 0 fully saturated rings. The van der Waals surface area contributed by atoms with E-state index < -0.39 is 11.7 Å². The Kier molecular flexibility index (Phi) is 4.13. The minimum atomic E-state index is -4.31. The third kappa shape index (κ3) is 3.39. The summed E-state index contributed by atoms with van der Waals surface area (Å²) >= 11 is 0. The summed E-state index contributed by atoms with van der Waals surface area (Å²) in [5, 5.41) is 7.23. The highest BCUT2D eigenvalue weighted by molar-refractivity contribution is 5.27. The number of aryl methyl sites for hydroxylation is 1. The van der Waals surface area contributed by atoms with E-state index in [4.69, 9.17) is 0 Å². The molecule has 1 unspecified atom stereocenters. The molecule has 0 radical (unpaired) electrons. The van der Waals surface area contributed by atoms with Gasteiger partial charge in [-0.1, -0.05) is 12.1 Å². The number of rotatable bonds is 4. The number of nitrogens with one attached hydrogen (secondary N) is 1. The number of halogens is 3. The van der Waals surface area contributed by atoms with Crippen molar-refractivity contribution in [2.75, 3.05) is 0 Å². The van der Waals surface area contributed by atoms with E-state index in [1.165, 1.54) is 12.1 Å². The van der Waals surface area contributed by atoms with E-state index in [9.17, 15) is 13.2 Å². The first-order chi connectivity index (χ1) is 9.38. The average Bonchev–Trinajstić information content (AvgIpc) is 2.81. The van der Waals surface area contributed by atoms with Crippen molar-refractivity contribution in [1.29, 1.82) is 0 Å². The van der Waals surface area contributed by atoms with E-state index in [1.54, 1.807) is 16.9 Å². The van der Waals surface area contributed by atoms with Crippen molar-refractivity contribution in [1.82, 2.24) is 15.1 Å². The first-order valence-electron chi connectivity index (χ1n) is 6.25. The van der Waals surface area contributed by atoms with Gasteiger partial charge in [-0.05, 0) is 30.7 Å². The predicted octanol–water partition coefficient (Wildman–Crippen LogP) is 3.29. The molecule has 0 amide bonds. The maximum atomic E-state index is 12.7. The van der Waals surface area contributed by atoms with Gasteiger partial charge in [0.05, 0.1) is 11.3 Å². The topological polar surface area (TPSA) is 29.9 Å². The lowest BCUT2D eigenvalue weighted by Crippen LogP contribution is -2.20. The molecule has 3 nitrogen and oxygen atoms in total. The lowest BCUT2D eigenvalue weighted by molar-refractivity contribution is -0.137. The number of aromatic nitrogens is 2. The Labute approximate surface area is 115 Å². The van der Waals surface area contributed by atoms with Gasteiger partial charge >= 0.3 is 6.18 Å². The largest absolute Gasteiger partial charge is 0.416 e. The van der Waals surface area contributed by atoms with Crippen molar-refractivity contribution >= 4 is 0 Å². The lowest BCUT2D eigenvalue weighted by Gasteiger charge is -2.16. The summed E-state index contributed by atoms with van der Waals surface area (Å²) in [4.78, 5) is 0. The Morgan fingerprint density at radius 3 is 2.65 bits per heavy atom. The SMILES string of the molecule is CC(NCc1ccnn1C)c1cccc(C(F)(F)F)c1. The lowest BCUT2D eigenvalue weighted by atomic mass is 10.0. The van der Waals surface area contributed by atoms with Crippen LogP contribution in [0.4, 0.5) is 13.2 Å². The average molecular weight is 283 g/mol. The normalized spacial score (nSPS) is 13.4. The van der Waals surface area contributed by atoms with Crippen molar-refractivity contribution in [3.63, 3.8) is 0 Å². The van der Waals surface area contributed by atoms with Gasteiger partial charge in [0.1, 0.15) is 0 Å². The van der Waals surface area contributed by atoms with Gasteiger partial charge < -0.3 is 5.32 Å². The molecule has 0 spiro atoms. The molecule has 0 aliphatic rings. The minimum absolute atomic E-state index is 0.174. The van der Waals surface area contributed by atoms with Crippen LogP contribution in [0.15, 0.2) is 36.5 Å². The zero-order valence-corrected chi connectivity index (χ0v) is 11.3. The van der Waals surface area contributed by atoms with Crippen LogP contribution in [-0.2, 0) is 19.8 Å². The van der Waals surface area contributed by atoms with Crippen molar-refractivity contribution < 1.29 is 13.2 Å². The molecule has 1 aromatic heterocycles. The fourth-order valence-electron chi connectivity index (χ4n) is 1.93. The van der Waals surface area contributed by atoms with Crippen LogP contribution in [0.25, 0.3) is 0 Å².